The molecular weight excluding hydrogens is 224 g/mol. The Balaban J connectivity index is 1.66. The van der Waals surface area contributed by atoms with Crippen molar-refractivity contribution >= 4 is 0 Å². The first kappa shape index (κ1) is 13.6. The second-order valence-corrected chi connectivity index (χ2v) is 5.47. The van der Waals surface area contributed by atoms with Crippen LogP contribution in [-0.2, 0) is 19.4 Å². The zero-order valence-corrected chi connectivity index (χ0v) is 11.7. The molecule has 0 radical (unpaired) electrons. The van der Waals surface area contributed by atoms with E-state index in [1.807, 2.05) is 0 Å². The topological polar surface area (TPSA) is 52.7 Å². The van der Waals surface area contributed by atoms with Gasteiger partial charge in [0.25, 0.3) is 0 Å². The van der Waals surface area contributed by atoms with E-state index >= 15 is 0 Å². The molecule has 1 aliphatic rings. The number of aryl methyl sites for hydroxylation is 1. The minimum Gasteiger partial charge on any atom is -0.314 e. The number of nitrogens with one attached hydrogen (secondary N) is 3. The molecule has 1 aliphatic carbocycles. The van der Waals surface area contributed by atoms with Crippen LogP contribution in [0.15, 0.2) is 0 Å². The van der Waals surface area contributed by atoms with Gasteiger partial charge in [0.1, 0.15) is 0 Å². The van der Waals surface area contributed by atoms with Crippen LogP contribution in [0.25, 0.3) is 0 Å². The van der Waals surface area contributed by atoms with Crippen molar-refractivity contribution in [1.82, 2.24) is 20.8 Å². The molecule has 102 valence electrons. The highest BCUT2D eigenvalue weighted by Gasteiger charge is 2.15. The van der Waals surface area contributed by atoms with Crippen LogP contribution in [-0.4, -0.2) is 29.3 Å². The minimum absolute atomic E-state index is 0.586. The Bertz CT molecular complexity index is 357. The summed E-state index contributed by atoms with van der Waals surface area (Å²) >= 11 is 0. The van der Waals surface area contributed by atoms with Gasteiger partial charge in [-0.2, -0.15) is 5.10 Å². The maximum Gasteiger partial charge on any atom is 0.0794 e. The van der Waals surface area contributed by atoms with E-state index in [0.717, 1.165) is 19.6 Å². The monoisotopic (exact) mass is 250 g/mol. The molecule has 0 saturated heterocycles. The fraction of sp³-hybridized carbons (Fsp3) is 0.786. The van der Waals surface area contributed by atoms with Gasteiger partial charge in [0, 0.05) is 18.3 Å². The Morgan fingerprint density at radius 1 is 1.22 bits per heavy atom. The molecule has 1 aromatic heterocycles. The quantitative estimate of drug-likeness (QED) is 0.646. The first-order valence-electron chi connectivity index (χ1n) is 7.26. The van der Waals surface area contributed by atoms with Crippen molar-refractivity contribution in [3.63, 3.8) is 0 Å². The van der Waals surface area contributed by atoms with Crippen molar-refractivity contribution in [2.24, 2.45) is 0 Å². The van der Waals surface area contributed by atoms with Gasteiger partial charge in [-0.15, -0.1) is 0 Å². The van der Waals surface area contributed by atoms with Gasteiger partial charge in [0.15, 0.2) is 0 Å². The molecule has 0 bridgehead atoms. The maximum absolute atomic E-state index is 4.44. The van der Waals surface area contributed by atoms with Gasteiger partial charge in [-0.1, -0.05) is 13.8 Å². The van der Waals surface area contributed by atoms with Crippen molar-refractivity contribution in [2.75, 3.05) is 13.1 Å². The molecule has 18 heavy (non-hydrogen) atoms. The van der Waals surface area contributed by atoms with Crippen LogP contribution in [0.5, 0.6) is 0 Å². The van der Waals surface area contributed by atoms with Gasteiger partial charge >= 0.3 is 0 Å². The summed E-state index contributed by atoms with van der Waals surface area (Å²) in [6.45, 7) is 7.42. The smallest absolute Gasteiger partial charge is 0.0794 e. The van der Waals surface area contributed by atoms with Crippen LogP contribution >= 0.6 is 0 Å². The number of aromatic amines is 1. The Labute approximate surface area is 110 Å². The van der Waals surface area contributed by atoms with E-state index in [1.165, 1.54) is 49.1 Å². The highest BCUT2D eigenvalue weighted by Crippen LogP contribution is 2.21. The number of aromatic nitrogens is 2. The van der Waals surface area contributed by atoms with E-state index in [0.29, 0.717) is 6.04 Å². The number of nitrogens with zero attached hydrogens (tertiary/aromatic N) is 1. The minimum atomic E-state index is 0.586. The number of fused-ring (bicyclic) bond motifs is 1. The molecule has 4 heteroatoms. The predicted octanol–water partition coefficient (Wildman–Crippen LogP) is 1.77. The summed E-state index contributed by atoms with van der Waals surface area (Å²) in [4.78, 5) is 0. The lowest BCUT2D eigenvalue weighted by Gasteiger charge is -2.11. The summed E-state index contributed by atoms with van der Waals surface area (Å²) in [5.41, 5.74) is 4.09. The van der Waals surface area contributed by atoms with Crippen LogP contribution in [0.4, 0.5) is 0 Å². The molecule has 3 N–H and O–H groups in total. The molecular formula is C14H26N4. The van der Waals surface area contributed by atoms with Gasteiger partial charge in [0.05, 0.1) is 5.69 Å². The zero-order valence-electron chi connectivity index (χ0n) is 11.7. The lowest BCUT2D eigenvalue weighted by molar-refractivity contribution is 0.545. The standard InChI is InChI=1S/C14H26N4/c1-11(2)16-9-5-8-15-10-14-12-6-3-4-7-13(12)17-18-14/h11,15-16H,3-10H2,1-2H3,(H,17,18). The van der Waals surface area contributed by atoms with Gasteiger partial charge < -0.3 is 10.6 Å². The Kier molecular flexibility index (Phi) is 5.20. The van der Waals surface area contributed by atoms with Crippen LogP contribution in [0, 0.1) is 0 Å². The van der Waals surface area contributed by atoms with Crippen LogP contribution in [0.2, 0.25) is 0 Å². The number of hydrogen-bond acceptors (Lipinski definition) is 3. The molecule has 0 aromatic carbocycles. The van der Waals surface area contributed by atoms with Gasteiger partial charge in [-0.25, -0.2) is 0 Å². The first-order valence-corrected chi connectivity index (χ1v) is 7.26. The van der Waals surface area contributed by atoms with Crippen molar-refractivity contribution in [3.05, 3.63) is 17.0 Å². The Morgan fingerprint density at radius 2 is 2.06 bits per heavy atom. The second-order valence-electron chi connectivity index (χ2n) is 5.47. The highest BCUT2D eigenvalue weighted by atomic mass is 15.1. The molecule has 1 heterocycles. The fourth-order valence-corrected chi connectivity index (χ4v) is 2.51. The van der Waals surface area contributed by atoms with Crippen molar-refractivity contribution in [1.29, 1.82) is 0 Å². The average Bonchev–Trinajstić information content (AvgIpc) is 2.77. The van der Waals surface area contributed by atoms with Crippen LogP contribution in [0.3, 0.4) is 0 Å². The molecule has 0 spiro atoms. The lowest BCUT2D eigenvalue weighted by Crippen LogP contribution is -2.27. The van der Waals surface area contributed by atoms with E-state index in [-0.39, 0.29) is 0 Å². The van der Waals surface area contributed by atoms with E-state index in [9.17, 15) is 0 Å². The summed E-state index contributed by atoms with van der Waals surface area (Å²) < 4.78 is 0. The number of hydrogen-bond donors (Lipinski definition) is 3. The second kappa shape index (κ2) is 6.90. The molecule has 2 rings (SSSR count). The number of H-pyrrole nitrogens is 1. The lowest BCUT2D eigenvalue weighted by atomic mass is 9.96. The van der Waals surface area contributed by atoms with Crippen LogP contribution in [0.1, 0.15) is 50.1 Å². The van der Waals surface area contributed by atoms with E-state index in [1.54, 1.807) is 0 Å². The first-order chi connectivity index (χ1) is 8.77. The summed E-state index contributed by atoms with van der Waals surface area (Å²) in [7, 11) is 0. The Hall–Kier alpha value is -0.870. The largest absolute Gasteiger partial charge is 0.314 e. The van der Waals surface area contributed by atoms with Gasteiger partial charge in [-0.05, 0) is 50.8 Å². The molecule has 0 fully saturated rings. The molecule has 1 aromatic rings. The van der Waals surface area contributed by atoms with E-state index < -0.39 is 0 Å². The molecule has 4 nitrogen and oxygen atoms in total. The third kappa shape index (κ3) is 3.82. The normalized spacial score (nSPS) is 15.1. The molecule has 0 amide bonds. The summed E-state index contributed by atoms with van der Waals surface area (Å²) in [6.07, 6.45) is 6.18. The molecule has 0 saturated carbocycles. The summed E-state index contributed by atoms with van der Waals surface area (Å²) in [6, 6.07) is 0.586. The predicted molar refractivity (Wildman–Crippen MR) is 74.7 cm³/mol. The third-order valence-electron chi connectivity index (χ3n) is 3.52. The molecule has 0 aliphatic heterocycles. The SMILES string of the molecule is CC(C)NCCCNCc1n[nH]c2c1CCCC2. The average molecular weight is 250 g/mol. The van der Waals surface area contributed by atoms with E-state index in [2.05, 4.69) is 34.7 Å². The fourth-order valence-electron chi connectivity index (χ4n) is 2.51. The Morgan fingerprint density at radius 3 is 2.89 bits per heavy atom. The van der Waals surface area contributed by atoms with Crippen molar-refractivity contribution < 1.29 is 0 Å². The van der Waals surface area contributed by atoms with Gasteiger partial charge in [0.2, 0.25) is 0 Å². The highest BCUT2D eigenvalue weighted by molar-refractivity contribution is 5.27. The summed E-state index contributed by atoms with van der Waals surface area (Å²) in [5.74, 6) is 0. The van der Waals surface area contributed by atoms with Crippen molar-refractivity contribution in [3.8, 4) is 0 Å². The van der Waals surface area contributed by atoms with Crippen LogP contribution < -0.4 is 10.6 Å². The summed E-state index contributed by atoms with van der Waals surface area (Å²) in [5, 5.41) is 14.5. The van der Waals surface area contributed by atoms with Crippen molar-refractivity contribution in [2.45, 2.75) is 58.5 Å². The third-order valence-corrected chi connectivity index (χ3v) is 3.52. The number of rotatable bonds is 7. The molecule has 0 atom stereocenters. The van der Waals surface area contributed by atoms with E-state index in [4.69, 9.17) is 0 Å². The maximum atomic E-state index is 4.44. The van der Waals surface area contributed by atoms with Gasteiger partial charge in [-0.3, -0.25) is 5.10 Å². The molecule has 0 unspecified atom stereocenters. The zero-order chi connectivity index (χ0) is 12.8.